The van der Waals surface area contributed by atoms with E-state index in [1.165, 1.54) is 5.51 Å². The van der Waals surface area contributed by atoms with Gasteiger partial charge in [-0.05, 0) is 18.3 Å². The minimum absolute atomic E-state index is 0.0432. The lowest BCUT2D eigenvalue weighted by molar-refractivity contribution is -0.140. The number of carbonyl (C=O) groups excluding carboxylic acids is 2. The molecular weight excluding hydrogens is 296 g/mol. The Hall–Kier alpha value is -2.03. The first-order valence-electron chi connectivity index (χ1n) is 6.58. The van der Waals surface area contributed by atoms with Gasteiger partial charge in [0.1, 0.15) is 5.51 Å². The van der Waals surface area contributed by atoms with Crippen LogP contribution in [0.3, 0.4) is 0 Å². The molecule has 3 amide bonds. The van der Waals surface area contributed by atoms with Gasteiger partial charge in [-0.25, -0.2) is 4.79 Å². The second-order valence-corrected chi connectivity index (χ2v) is 6.03. The van der Waals surface area contributed by atoms with Crippen molar-refractivity contribution in [2.45, 2.75) is 38.5 Å². The molecule has 0 atom stereocenters. The molecule has 0 radical (unpaired) electrons. The van der Waals surface area contributed by atoms with Crippen molar-refractivity contribution in [3.63, 3.8) is 0 Å². The molecule has 2 rings (SSSR count). The summed E-state index contributed by atoms with van der Waals surface area (Å²) in [6.07, 6.45) is 3.23. The van der Waals surface area contributed by atoms with Crippen LogP contribution in [0.25, 0.3) is 0 Å². The van der Waals surface area contributed by atoms with Gasteiger partial charge < -0.3 is 5.11 Å². The molecule has 0 aromatic carbocycles. The molecule has 0 unspecified atom stereocenters. The van der Waals surface area contributed by atoms with Crippen molar-refractivity contribution >= 4 is 34.4 Å². The number of hydrogen-bond donors (Lipinski definition) is 3. The summed E-state index contributed by atoms with van der Waals surface area (Å²) >= 11 is 1.14. The van der Waals surface area contributed by atoms with Crippen LogP contribution >= 0.6 is 11.3 Å². The molecule has 0 aliphatic heterocycles. The highest BCUT2D eigenvalue weighted by molar-refractivity contribution is 7.13. The lowest BCUT2D eigenvalue weighted by Gasteiger charge is -2.26. The van der Waals surface area contributed by atoms with Crippen molar-refractivity contribution in [1.82, 2.24) is 15.5 Å². The van der Waals surface area contributed by atoms with E-state index in [-0.39, 0.29) is 12.8 Å². The number of imide groups is 1. The van der Waals surface area contributed by atoms with Crippen LogP contribution in [-0.4, -0.2) is 33.2 Å². The maximum Gasteiger partial charge on any atom is 0.327 e. The largest absolute Gasteiger partial charge is 0.481 e. The zero-order chi connectivity index (χ0) is 15.3. The van der Waals surface area contributed by atoms with Gasteiger partial charge in [0.05, 0.1) is 6.42 Å². The molecule has 114 valence electrons. The highest BCUT2D eigenvalue weighted by Crippen LogP contribution is 2.43. The van der Waals surface area contributed by atoms with Crippen LogP contribution in [0, 0.1) is 5.41 Å². The molecule has 3 N–H and O–H groups in total. The molecule has 21 heavy (non-hydrogen) atoms. The molecule has 1 aromatic rings. The van der Waals surface area contributed by atoms with Crippen LogP contribution < -0.4 is 10.6 Å². The summed E-state index contributed by atoms with van der Waals surface area (Å²) in [4.78, 5) is 34.5. The number of amides is 3. The van der Waals surface area contributed by atoms with Gasteiger partial charge in [-0.2, -0.15) is 0 Å². The zero-order valence-electron chi connectivity index (χ0n) is 11.3. The number of rotatable bonds is 5. The Morgan fingerprint density at radius 2 is 2.00 bits per heavy atom. The summed E-state index contributed by atoms with van der Waals surface area (Å²) in [6.45, 7) is 0. The Kier molecular flexibility index (Phi) is 4.84. The number of aromatic nitrogens is 2. The van der Waals surface area contributed by atoms with E-state index in [4.69, 9.17) is 5.11 Å². The number of anilines is 1. The van der Waals surface area contributed by atoms with Crippen LogP contribution in [0.2, 0.25) is 0 Å². The topological polar surface area (TPSA) is 121 Å². The summed E-state index contributed by atoms with van der Waals surface area (Å²) in [6, 6.07) is -0.680. The standard InChI is InChI=1S/C12H16N4O4S/c17-8(14-10(20)15-11-16-13-7-21-11)5-12(6-9(18)19)3-1-2-4-12/h7H,1-6H2,(H,18,19)(H2,14,15,16,17,20). The summed E-state index contributed by atoms with van der Waals surface area (Å²) in [5.74, 6) is -1.39. The fourth-order valence-electron chi connectivity index (χ4n) is 2.73. The summed E-state index contributed by atoms with van der Waals surface area (Å²) < 4.78 is 0. The molecule has 1 heterocycles. The van der Waals surface area contributed by atoms with E-state index in [0.29, 0.717) is 18.0 Å². The number of hydrogen-bond acceptors (Lipinski definition) is 6. The molecule has 0 bridgehead atoms. The lowest BCUT2D eigenvalue weighted by Crippen LogP contribution is -2.38. The third-order valence-corrected chi connectivity index (χ3v) is 4.17. The quantitative estimate of drug-likeness (QED) is 0.759. The summed E-state index contributed by atoms with van der Waals surface area (Å²) in [7, 11) is 0. The van der Waals surface area contributed by atoms with E-state index >= 15 is 0 Å². The van der Waals surface area contributed by atoms with Crippen molar-refractivity contribution in [2.24, 2.45) is 5.41 Å². The maximum atomic E-state index is 11.9. The minimum Gasteiger partial charge on any atom is -0.481 e. The fourth-order valence-corrected chi connectivity index (χ4v) is 3.17. The number of urea groups is 1. The SMILES string of the molecule is O=C(O)CC1(CC(=O)NC(=O)Nc2nncs2)CCCC1. The van der Waals surface area contributed by atoms with Crippen molar-refractivity contribution in [3.05, 3.63) is 5.51 Å². The monoisotopic (exact) mass is 312 g/mol. The fraction of sp³-hybridized carbons (Fsp3) is 0.583. The first-order chi connectivity index (χ1) is 9.99. The Morgan fingerprint density at radius 3 is 2.57 bits per heavy atom. The summed E-state index contributed by atoms with van der Waals surface area (Å²) in [5.41, 5.74) is 0.927. The Morgan fingerprint density at radius 1 is 1.29 bits per heavy atom. The van der Waals surface area contributed by atoms with Crippen LogP contribution in [0.4, 0.5) is 9.93 Å². The highest BCUT2D eigenvalue weighted by atomic mass is 32.1. The molecule has 9 heteroatoms. The Balaban J connectivity index is 1.87. The third kappa shape index (κ3) is 4.48. The molecule has 1 aliphatic rings. The normalized spacial score (nSPS) is 16.4. The van der Waals surface area contributed by atoms with E-state index in [0.717, 1.165) is 24.2 Å². The van der Waals surface area contributed by atoms with Gasteiger partial charge in [-0.3, -0.25) is 20.2 Å². The molecule has 1 saturated carbocycles. The Labute approximate surface area is 125 Å². The van der Waals surface area contributed by atoms with Crippen molar-refractivity contribution in [2.75, 3.05) is 5.32 Å². The van der Waals surface area contributed by atoms with Gasteiger partial charge in [-0.15, -0.1) is 10.2 Å². The van der Waals surface area contributed by atoms with E-state index in [2.05, 4.69) is 20.8 Å². The predicted octanol–water partition coefficient (Wildman–Crippen LogP) is 1.61. The first kappa shape index (κ1) is 15.4. The number of carboxylic acid groups (broad SMARTS) is 1. The van der Waals surface area contributed by atoms with Gasteiger partial charge in [0.15, 0.2) is 0 Å². The van der Waals surface area contributed by atoms with Crippen LogP contribution in [-0.2, 0) is 9.59 Å². The number of aliphatic carboxylic acids is 1. The number of carbonyl (C=O) groups is 3. The smallest absolute Gasteiger partial charge is 0.327 e. The average Bonchev–Trinajstić information content (AvgIpc) is 3.00. The second-order valence-electron chi connectivity index (χ2n) is 5.20. The second kappa shape index (κ2) is 6.61. The van der Waals surface area contributed by atoms with Crippen LogP contribution in [0.5, 0.6) is 0 Å². The molecule has 1 aliphatic carbocycles. The molecule has 8 nitrogen and oxygen atoms in total. The van der Waals surface area contributed by atoms with E-state index in [1.807, 2.05) is 0 Å². The van der Waals surface area contributed by atoms with Gasteiger partial charge in [-0.1, -0.05) is 24.2 Å². The minimum atomic E-state index is -0.914. The van der Waals surface area contributed by atoms with Gasteiger partial charge in [0.2, 0.25) is 11.0 Å². The van der Waals surface area contributed by atoms with Gasteiger partial charge in [0, 0.05) is 6.42 Å². The van der Waals surface area contributed by atoms with Crippen molar-refractivity contribution in [1.29, 1.82) is 0 Å². The zero-order valence-corrected chi connectivity index (χ0v) is 12.1. The molecule has 1 fully saturated rings. The van der Waals surface area contributed by atoms with Crippen molar-refractivity contribution in [3.8, 4) is 0 Å². The molecule has 1 aromatic heterocycles. The number of carboxylic acids is 1. The summed E-state index contributed by atoms with van der Waals surface area (Å²) in [5, 5.41) is 21.0. The van der Waals surface area contributed by atoms with E-state index in [1.54, 1.807) is 0 Å². The molecular formula is C12H16N4O4S. The van der Waals surface area contributed by atoms with Gasteiger partial charge >= 0.3 is 12.0 Å². The maximum absolute atomic E-state index is 11.9. The number of nitrogens with zero attached hydrogens (tertiary/aromatic N) is 2. The van der Waals surface area contributed by atoms with Crippen LogP contribution in [0.1, 0.15) is 38.5 Å². The predicted molar refractivity (Wildman–Crippen MR) is 74.8 cm³/mol. The van der Waals surface area contributed by atoms with Crippen molar-refractivity contribution < 1.29 is 19.5 Å². The van der Waals surface area contributed by atoms with E-state index < -0.39 is 23.3 Å². The highest BCUT2D eigenvalue weighted by Gasteiger charge is 2.38. The van der Waals surface area contributed by atoms with E-state index in [9.17, 15) is 14.4 Å². The molecule has 0 spiro atoms. The molecule has 0 saturated heterocycles. The lowest BCUT2D eigenvalue weighted by atomic mass is 9.79. The van der Waals surface area contributed by atoms with Gasteiger partial charge in [0.25, 0.3) is 0 Å². The average molecular weight is 312 g/mol. The first-order valence-corrected chi connectivity index (χ1v) is 7.46. The number of nitrogens with one attached hydrogen (secondary N) is 2. The third-order valence-electron chi connectivity index (χ3n) is 3.56. The Bertz CT molecular complexity index is 525. The van der Waals surface area contributed by atoms with Crippen LogP contribution in [0.15, 0.2) is 5.51 Å².